The van der Waals surface area contributed by atoms with Gasteiger partial charge in [-0.15, -0.1) is 0 Å². The Hall–Kier alpha value is -1.51. The van der Waals surface area contributed by atoms with Gasteiger partial charge in [-0.2, -0.15) is 0 Å². The predicted octanol–water partition coefficient (Wildman–Crippen LogP) is 5.08. The highest BCUT2D eigenvalue weighted by atomic mass is 35.5. The van der Waals surface area contributed by atoms with Gasteiger partial charge in [-0.1, -0.05) is 42.8 Å². The van der Waals surface area contributed by atoms with Gasteiger partial charge in [-0.05, 0) is 54.8 Å². The molecule has 0 saturated heterocycles. The summed E-state index contributed by atoms with van der Waals surface area (Å²) in [7, 11) is 1.68. The molecule has 2 aromatic rings. The van der Waals surface area contributed by atoms with Crippen molar-refractivity contribution in [1.82, 2.24) is 5.32 Å². The lowest BCUT2D eigenvalue weighted by atomic mass is 10.0. The second-order valence-corrected chi connectivity index (χ2v) is 5.55. The lowest BCUT2D eigenvalue weighted by Crippen LogP contribution is -2.19. The third-order valence-corrected chi connectivity index (χ3v) is 3.90. The third kappa shape index (κ3) is 3.99. The fraction of sp³-hybridized carbons (Fsp3) is 0.333. The Morgan fingerprint density at radius 3 is 2.57 bits per heavy atom. The molecule has 0 bridgehead atoms. The van der Waals surface area contributed by atoms with E-state index in [1.165, 1.54) is 0 Å². The standard InChI is InChI=1S/C18H22ClNO/c1-4-10-20-13(2)17-9-8-15(12-18(17)19)14-6-5-7-16(11-14)21-3/h5-9,11-13,20H,4,10H2,1-3H3. The first-order chi connectivity index (χ1) is 10.2. The molecule has 1 unspecified atom stereocenters. The van der Waals surface area contributed by atoms with Crippen LogP contribution in [0, 0.1) is 0 Å². The zero-order valence-electron chi connectivity index (χ0n) is 12.8. The highest BCUT2D eigenvalue weighted by molar-refractivity contribution is 6.31. The number of methoxy groups -OCH3 is 1. The molecule has 0 aliphatic carbocycles. The molecule has 1 atom stereocenters. The summed E-state index contributed by atoms with van der Waals surface area (Å²) >= 11 is 6.46. The molecule has 0 amide bonds. The number of nitrogens with one attached hydrogen (secondary N) is 1. The van der Waals surface area contributed by atoms with Crippen molar-refractivity contribution in [2.24, 2.45) is 0 Å². The Morgan fingerprint density at radius 2 is 1.90 bits per heavy atom. The van der Waals surface area contributed by atoms with Gasteiger partial charge in [0.05, 0.1) is 7.11 Å². The van der Waals surface area contributed by atoms with Crippen molar-refractivity contribution >= 4 is 11.6 Å². The van der Waals surface area contributed by atoms with E-state index in [9.17, 15) is 0 Å². The van der Waals surface area contributed by atoms with E-state index in [1.54, 1.807) is 7.11 Å². The molecule has 0 aliphatic heterocycles. The fourth-order valence-corrected chi connectivity index (χ4v) is 2.68. The molecular formula is C18H22ClNO. The average Bonchev–Trinajstić information content (AvgIpc) is 2.52. The highest BCUT2D eigenvalue weighted by Crippen LogP contribution is 2.30. The SMILES string of the molecule is CCCNC(C)c1ccc(-c2cccc(OC)c2)cc1Cl. The van der Waals surface area contributed by atoms with E-state index in [2.05, 4.69) is 37.4 Å². The first-order valence-corrected chi connectivity index (χ1v) is 7.70. The molecule has 0 aliphatic rings. The van der Waals surface area contributed by atoms with Crippen LogP contribution in [-0.4, -0.2) is 13.7 Å². The summed E-state index contributed by atoms with van der Waals surface area (Å²) in [5.74, 6) is 0.852. The summed E-state index contributed by atoms with van der Waals surface area (Å²) in [5.41, 5.74) is 3.35. The maximum atomic E-state index is 6.46. The summed E-state index contributed by atoms with van der Waals surface area (Å²) < 4.78 is 5.27. The van der Waals surface area contributed by atoms with E-state index in [4.69, 9.17) is 16.3 Å². The topological polar surface area (TPSA) is 21.3 Å². The number of hydrogen-bond donors (Lipinski definition) is 1. The summed E-state index contributed by atoms with van der Waals surface area (Å²) in [5, 5.41) is 4.26. The van der Waals surface area contributed by atoms with Crippen molar-refractivity contribution in [3.63, 3.8) is 0 Å². The lowest BCUT2D eigenvalue weighted by Gasteiger charge is -2.16. The Morgan fingerprint density at radius 1 is 1.14 bits per heavy atom. The van der Waals surface area contributed by atoms with Crippen molar-refractivity contribution in [2.75, 3.05) is 13.7 Å². The predicted molar refractivity (Wildman–Crippen MR) is 90.1 cm³/mol. The van der Waals surface area contributed by atoms with Gasteiger partial charge in [0.1, 0.15) is 5.75 Å². The summed E-state index contributed by atoms with van der Waals surface area (Å²) in [4.78, 5) is 0. The molecule has 2 nitrogen and oxygen atoms in total. The van der Waals surface area contributed by atoms with Gasteiger partial charge >= 0.3 is 0 Å². The van der Waals surface area contributed by atoms with Crippen molar-refractivity contribution in [1.29, 1.82) is 0 Å². The van der Waals surface area contributed by atoms with Crippen LogP contribution in [0.3, 0.4) is 0 Å². The van der Waals surface area contributed by atoms with Crippen molar-refractivity contribution < 1.29 is 4.74 Å². The minimum Gasteiger partial charge on any atom is -0.497 e. The Kier molecular flexibility index (Phi) is 5.66. The maximum absolute atomic E-state index is 6.46. The average molecular weight is 304 g/mol. The first kappa shape index (κ1) is 15.9. The molecule has 112 valence electrons. The first-order valence-electron chi connectivity index (χ1n) is 7.33. The number of ether oxygens (including phenoxy) is 1. The van der Waals surface area contributed by atoms with Gasteiger partial charge in [0.25, 0.3) is 0 Å². The smallest absolute Gasteiger partial charge is 0.119 e. The Balaban J connectivity index is 2.25. The van der Waals surface area contributed by atoms with E-state index in [0.717, 1.165) is 40.4 Å². The Labute approximate surface area is 132 Å². The monoisotopic (exact) mass is 303 g/mol. The minimum atomic E-state index is 0.261. The lowest BCUT2D eigenvalue weighted by molar-refractivity contribution is 0.415. The second kappa shape index (κ2) is 7.48. The molecule has 2 aromatic carbocycles. The van der Waals surface area contributed by atoms with Gasteiger partial charge in [0.15, 0.2) is 0 Å². The third-order valence-electron chi connectivity index (χ3n) is 3.57. The number of hydrogen-bond acceptors (Lipinski definition) is 2. The molecule has 0 aromatic heterocycles. The van der Waals surface area contributed by atoms with Crippen molar-refractivity contribution in [3.8, 4) is 16.9 Å². The van der Waals surface area contributed by atoms with Crippen LogP contribution in [0.2, 0.25) is 5.02 Å². The number of rotatable bonds is 6. The summed E-state index contributed by atoms with van der Waals surface area (Å²) in [6.07, 6.45) is 1.11. The van der Waals surface area contributed by atoms with Crippen LogP contribution in [0.1, 0.15) is 31.9 Å². The molecule has 0 spiro atoms. The van der Waals surface area contributed by atoms with Crippen LogP contribution in [-0.2, 0) is 0 Å². The largest absolute Gasteiger partial charge is 0.497 e. The van der Waals surface area contributed by atoms with E-state index in [-0.39, 0.29) is 6.04 Å². The normalized spacial score (nSPS) is 12.2. The van der Waals surface area contributed by atoms with E-state index in [0.29, 0.717) is 0 Å². The minimum absolute atomic E-state index is 0.261. The van der Waals surface area contributed by atoms with Gasteiger partial charge in [0, 0.05) is 11.1 Å². The molecule has 3 heteroatoms. The van der Waals surface area contributed by atoms with Crippen LogP contribution < -0.4 is 10.1 Å². The quantitative estimate of drug-likeness (QED) is 0.804. The van der Waals surface area contributed by atoms with Crippen LogP contribution >= 0.6 is 11.6 Å². The molecule has 0 radical (unpaired) electrons. The summed E-state index contributed by atoms with van der Waals surface area (Å²) in [6.45, 7) is 5.30. The van der Waals surface area contributed by atoms with Crippen molar-refractivity contribution in [2.45, 2.75) is 26.3 Å². The Bertz CT molecular complexity index is 598. The zero-order valence-corrected chi connectivity index (χ0v) is 13.6. The van der Waals surface area contributed by atoms with E-state index in [1.807, 2.05) is 24.3 Å². The van der Waals surface area contributed by atoms with Crippen LogP contribution in [0.25, 0.3) is 11.1 Å². The molecular weight excluding hydrogens is 282 g/mol. The number of halogens is 1. The molecule has 0 fully saturated rings. The van der Waals surface area contributed by atoms with Crippen molar-refractivity contribution in [3.05, 3.63) is 53.1 Å². The second-order valence-electron chi connectivity index (χ2n) is 5.14. The molecule has 1 N–H and O–H groups in total. The molecule has 0 saturated carbocycles. The van der Waals surface area contributed by atoms with Crippen LogP contribution in [0.5, 0.6) is 5.75 Å². The zero-order chi connectivity index (χ0) is 15.2. The fourth-order valence-electron chi connectivity index (χ4n) is 2.33. The molecule has 0 heterocycles. The van der Waals surface area contributed by atoms with E-state index < -0.39 is 0 Å². The van der Waals surface area contributed by atoms with Crippen LogP contribution in [0.15, 0.2) is 42.5 Å². The van der Waals surface area contributed by atoms with Gasteiger partial charge < -0.3 is 10.1 Å². The van der Waals surface area contributed by atoms with E-state index >= 15 is 0 Å². The maximum Gasteiger partial charge on any atom is 0.119 e. The van der Waals surface area contributed by atoms with Crippen LogP contribution in [0.4, 0.5) is 0 Å². The summed E-state index contributed by atoms with van der Waals surface area (Å²) in [6, 6.07) is 14.5. The molecule has 2 rings (SSSR count). The molecule has 21 heavy (non-hydrogen) atoms. The van der Waals surface area contributed by atoms with Gasteiger partial charge in [-0.25, -0.2) is 0 Å². The van der Waals surface area contributed by atoms with Gasteiger partial charge in [-0.3, -0.25) is 0 Å². The van der Waals surface area contributed by atoms with Gasteiger partial charge in [0.2, 0.25) is 0 Å². The highest BCUT2D eigenvalue weighted by Gasteiger charge is 2.10. The number of benzene rings is 2.